The van der Waals surface area contributed by atoms with Crippen molar-refractivity contribution in [3.05, 3.63) is 0 Å². The van der Waals surface area contributed by atoms with E-state index in [1.807, 2.05) is 0 Å². The number of hydrogen-bond donors (Lipinski definition) is 3. The molecule has 0 fully saturated rings. The molecule has 0 heterocycles. The molecule has 3 N–H and O–H groups in total. The molecule has 0 aliphatic rings. The molecular weight excluding hydrogens is 1140 g/mol. The van der Waals surface area contributed by atoms with E-state index >= 15 is 0 Å². The molecule has 0 spiro atoms. The third-order valence-corrected chi connectivity index (χ3v) is 17.7. The Morgan fingerprint density at radius 1 is 0.337 bits per heavy atom. The predicted molar refractivity (Wildman–Crippen MR) is 345 cm³/mol. The van der Waals surface area contributed by atoms with Crippen LogP contribution in [0.1, 0.15) is 337 Å². The molecule has 0 amide bonds. The number of hydrogen-bond acceptors (Lipinski definition) is 15. The van der Waals surface area contributed by atoms with Gasteiger partial charge in [-0.2, -0.15) is 0 Å². The van der Waals surface area contributed by atoms with Crippen molar-refractivity contribution in [1.82, 2.24) is 0 Å². The quantitative estimate of drug-likeness (QED) is 0.0222. The van der Waals surface area contributed by atoms with Gasteiger partial charge in [-0.1, -0.05) is 286 Å². The Labute approximate surface area is 524 Å². The minimum atomic E-state index is -4.95. The lowest BCUT2D eigenvalue weighted by atomic mass is 9.99. The first-order valence-electron chi connectivity index (χ1n) is 35.0. The standard InChI is InChI=1S/C67H130O17P2/c1-7-10-12-14-15-16-17-18-19-20-23-27-33-39-45-51-66(71)84-63(56-78-65(70)50-44-38-32-26-24-21-22-25-30-36-41-47-59(4)5)58-82-86(75,76)80-54-61(68)53-79-85(73,74)81-57-62(55-77-64(69)49-43-35-13-11-8-2)83-67(72)52-46-40-34-29-28-31-37-42-48-60(6)9-3/h59-63,68H,7-58H2,1-6H3,(H,73,74)(H,75,76)/t60?,61-,62+,63+/m0/s1. The lowest BCUT2D eigenvalue weighted by molar-refractivity contribution is -0.161. The van der Waals surface area contributed by atoms with Crippen LogP contribution in [0.5, 0.6) is 0 Å². The van der Waals surface area contributed by atoms with E-state index in [9.17, 15) is 43.2 Å². The Balaban J connectivity index is 5.18. The van der Waals surface area contributed by atoms with E-state index in [4.69, 9.17) is 37.0 Å². The Kier molecular flexibility index (Phi) is 58.0. The normalized spacial score (nSPS) is 14.5. The first kappa shape index (κ1) is 84.1. The summed E-state index contributed by atoms with van der Waals surface area (Å²) in [6.07, 6.45) is 43.3. The molecule has 19 heteroatoms. The fourth-order valence-corrected chi connectivity index (χ4v) is 11.6. The number of phosphoric ester groups is 2. The van der Waals surface area contributed by atoms with Crippen LogP contribution in [0, 0.1) is 11.8 Å². The van der Waals surface area contributed by atoms with Crippen molar-refractivity contribution in [2.24, 2.45) is 11.8 Å². The van der Waals surface area contributed by atoms with Crippen molar-refractivity contribution in [2.75, 3.05) is 39.6 Å². The summed E-state index contributed by atoms with van der Waals surface area (Å²) in [5.74, 6) is -0.598. The van der Waals surface area contributed by atoms with Crippen molar-refractivity contribution < 1.29 is 80.2 Å². The Hall–Kier alpha value is -1.94. The molecule has 0 bridgehead atoms. The maximum atomic E-state index is 13.0. The lowest BCUT2D eigenvalue weighted by Crippen LogP contribution is -2.30. The fourth-order valence-electron chi connectivity index (χ4n) is 10.0. The van der Waals surface area contributed by atoms with Gasteiger partial charge in [0, 0.05) is 25.7 Å². The van der Waals surface area contributed by atoms with E-state index in [0.717, 1.165) is 108 Å². The highest BCUT2D eigenvalue weighted by molar-refractivity contribution is 7.47. The number of ether oxygens (including phenoxy) is 4. The van der Waals surface area contributed by atoms with Crippen LogP contribution < -0.4 is 0 Å². The van der Waals surface area contributed by atoms with Gasteiger partial charge in [-0.3, -0.25) is 37.3 Å². The maximum Gasteiger partial charge on any atom is 0.472 e. The van der Waals surface area contributed by atoms with E-state index in [-0.39, 0.29) is 25.7 Å². The summed E-state index contributed by atoms with van der Waals surface area (Å²) in [6, 6.07) is 0. The molecule has 0 aliphatic heterocycles. The maximum absolute atomic E-state index is 13.0. The second-order valence-corrected chi connectivity index (χ2v) is 27.8. The highest BCUT2D eigenvalue weighted by Crippen LogP contribution is 2.45. The molecule has 0 saturated heterocycles. The van der Waals surface area contributed by atoms with Gasteiger partial charge in [-0.25, -0.2) is 9.13 Å². The summed E-state index contributed by atoms with van der Waals surface area (Å²) in [6.45, 7) is 9.44. The molecule has 6 atom stereocenters. The van der Waals surface area contributed by atoms with Crippen LogP contribution in [0.15, 0.2) is 0 Å². The number of carbonyl (C=O) groups is 4. The topological polar surface area (TPSA) is 237 Å². The van der Waals surface area contributed by atoms with E-state index in [1.165, 1.54) is 148 Å². The Morgan fingerprint density at radius 2 is 0.593 bits per heavy atom. The number of carbonyl (C=O) groups excluding carboxylic acids is 4. The molecule has 0 aromatic heterocycles. The van der Waals surface area contributed by atoms with E-state index in [1.54, 1.807) is 0 Å². The van der Waals surface area contributed by atoms with Crippen molar-refractivity contribution in [1.29, 1.82) is 0 Å². The van der Waals surface area contributed by atoms with Crippen LogP contribution in [0.2, 0.25) is 0 Å². The number of phosphoric acid groups is 2. The largest absolute Gasteiger partial charge is 0.472 e. The summed E-state index contributed by atoms with van der Waals surface area (Å²) in [5.41, 5.74) is 0. The number of esters is 4. The molecular formula is C67H130O17P2. The van der Waals surface area contributed by atoms with E-state index in [0.29, 0.717) is 25.7 Å². The van der Waals surface area contributed by atoms with Gasteiger partial charge in [0.05, 0.1) is 26.4 Å². The van der Waals surface area contributed by atoms with Crippen molar-refractivity contribution >= 4 is 39.5 Å². The minimum absolute atomic E-state index is 0.104. The number of unbranched alkanes of at least 4 members (excludes halogenated alkanes) is 35. The van der Waals surface area contributed by atoms with Crippen molar-refractivity contribution in [2.45, 2.75) is 355 Å². The second-order valence-electron chi connectivity index (χ2n) is 24.9. The molecule has 510 valence electrons. The third kappa shape index (κ3) is 59.7. The molecule has 0 aliphatic carbocycles. The number of aliphatic hydroxyl groups is 1. The van der Waals surface area contributed by atoms with Crippen molar-refractivity contribution in [3.8, 4) is 0 Å². The molecule has 0 aromatic rings. The summed E-state index contributed by atoms with van der Waals surface area (Å²) < 4.78 is 68.0. The zero-order valence-corrected chi connectivity index (χ0v) is 57.4. The van der Waals surface area contributed by atoms with Gasteiger partial charge in [-0.15, -0.1) is 0 Å². The molecule has 3 unspecified atom stereocenters. The summed E-state index contributed by atoms with van der Waals surface area (Å²) in [7, 11) is -9.89. The van der Waals surface area contributed by atoms with Gasteiger partial charge in [0.25, 0.3) is 0 Å². The van der Waals surface area contributed by atoms with E-state index in [2.05, 4.69) is 41.5 Å². The van der Waals surface area contributed by atoms with E-state index < -0.39 is 97.5 Å². The lowest BCUT2D eigenvalue weighted by Gasteiger charge is -2.21. The molecule has 0 rings (SSSR count). The van der Waals surface area contributed by atoms with Crippen molar-refractivity contribution in [3.63, 3.8) is 0 Å². The van der Waals surface area contributed by atoms with Gasteiger partial charge >= 0.3 is 39.5 Å². The summed E-state index contributed by atoms with van der Waals surface area (Å²) in [4.78, 5) is 72.2. The van der Waals surface area contributed by atoms with Gasteiger partial charge in [-0.05, 0) is 37.5 Å². The average Bonchev–Trinajstić information content (AvgIpc) is 3.55. The van der Waals surface area contributed by atoms with Crippen LogP contribution in [0.4, 0.5) is 0 Å². The molecule has 17 nitrogen and oxygen atoms in total. The fraction of sp³-hybridized carbons (Fsp3) is 0.940. The number of aliphatic hydroxyl groups excluding tert-OH is 1. The van der Waals surface area contributed by atoms with Crippen LogP contribution in [-0.2, 0) is 65.4 Å². The van der Waals surface area contributed by atoms with Crippen LogP contribution >= 0.6 is 15.6 Å². The zero-order chi connectivity index (χ0) is 63.6. The average molecular weight is 1270 g/mol. The minimum Gasteiger partial charge on any atom is -0.462 e. The summed E-state index contributed by atoms with van der Waals surface area (Å²) in [5, 5.41) is 10.5. The Bertz CT molecular complexity index is 1690. The SMILES string of the molecule is CCCCCCCCCCCCCCCCCC(=O)O[C@H](COC(=O)CCCCCCCCCCCCCC(C)C)COP(=O)(O)OC[C@@H](O)COP(=O)(O)OC[C@@H](COC(=O)CCCCCCC)OC(=O)CCCCCCCCCCC(C)CC. The predicted octanol–water partition coefficient (Wildman–Crippen LogP) is 18.8. The second kappa shape index (κ2) is 59.4. The molecule has 0 radical (unpaired) electrons. The van der Waals surface area contributed by atoms with Gasteiger partial charge in [0.1, 0.15) is 19.3 Å². The molecule has 0 aromatic carbocycles. The smallest absolute Gasteiger partial charge is 0.462 e. The first-order chi connectivity index (χ1) is 41.4. The zero-order valence-electron chi connectivity index (χ0n) is 55.6. The summed E-state index contributed by atoms with van der Waals surface area (Å²) >= 11 is 0. The van der Waals surface area contributed by atoms with Gasteiger partial charge < -0.3 is 33.8 Å². The monoisotopic (exact) mass is 1270 g/mol. The highest BCUT2D eigenvalue weighted by atomic mass is 31.2. The Morgan fingerprint density at radius 3 is 0.884 bits per heavy atom. The van der Waals surface area contributed by atoms with Crippen LogP contribution in [0.25, 0.3) is 0 Å². The van der Waals surface area contributed by atoms with Gasteiger partial charge in [0.2, 0.25) is 0 Å². The molecule has 0 saturated carbocycles. The third-order valence-electron chi connectivity index (χ3n) is 15.8. The highest BCUT2D eigenvalue weighted by Gasteiger charge is 2.30. The van der Waals surface area contributed by atoms with Crippen LogP contribution in [0.3, 0.4) is 0 Å². The van der Waals surface area contributed by atoms with Crippen LogP contribution in [-0.4, -0.2) is 96.7 Å². The molecule has 86 heavy (non-hydrogen) atoms. The van der Waals surface area contributed by atoms with Gasteiger partial charge in [0.15, 0.2) is 12.2 Å². The number of rotatable bonds is 66. The first-order valence-corrected chi connectivity index (χ1v) is 38.0.